The monoisotopic (exact) mass is 179 g/mol. The normalized spacial score (nSPS) is 10.5. The highest BCUT2D eigenvalue weighted by molar-refractivity contribution is 4.29. The van der Waals surface area contributed by atoms with Gasteiger partial charge in [-0.3, -0.25) is 5.84 Å². The zero-order valence-corrected chi connectivity index (χ0v) is 6.99. The Labute approximate surface area is 71.0 Å². The Hall–Kier alpha value is -0.360. The SMILES string of the molecule is CCCNNNNNNNNN. The van der Waals surface area contributed by atoms with Gasteiger partial charge in [0.1, 0.15) is 0 Å². The van der Waals surface area contributed by atoms with Gasteiger partial charge >= 0.3 is 0 Å². The first-order valence-electron chi connectivity index (χ1n) is 3.60. The van der Waals surface area contributed by atoms with Gasteiger partial charge in [-0.05, 0) is 6.42 Å². The fourth-order valence-electron chi connectivity index (χ4n) is 0.393. The summed E-state index contributed by atoms with van der Waals surface area (Å²) in [7, 11) is 0. The van der Waals surface area contributed by atoms with Gasteiger partial charge < -0.3 is 0 Å². The molecule has 0 aliphatic carbocycles. The van der Waals surface area contributed by atoms with Crippen molar-refractivity contribution >= 4 is 0 Å². The molecule has 74 valence electrons. The molecule has 0 spiro atoms. The quantitative estimate of drug-likeness (QED) is 0.100. The van der Waals surface area contributed by atoms with E-state index in [0.29, 0.717) is 0 Å². The molecule has 0 aromatic rings. The average Bonchev–Trinajstić information content (AvgIpc) is 2.10. The van der Waals surface area contributed by atoms with Gasteiger partial charge in [0, 0.05) is 6.54 Å². The van der Waals surface area contributed by atoms with E-state index in [-0.39, 0.29) is 0 Å². The summed E-state index contributed by atoms with van der Waals surface area (Å²) in [5, 5.41) is 0. The van der Waals surface area contributed by atoms with Crippen molar-refractivity contribution in [3.8, 4) is 0 Å². The molecule has 9 nitrogen and oxygen atoms in total. The lowest BCUT2D eigenvalue weighted by Crippen LogP contribution is -2.63. The van der Waals surface area contributed by atoms with Gasteiger partial charge in [0.2, 0.25) is 0 Å². The molecule has 0 rings (SSSR count). The molecule has 0 atom stereocenters. The van der Waals surface area contributed by atoms with Gasteiger partial charge in [-0.1, -0.05) is 6.92 Å². The number of rotatable bonds is 9. The van der Waals surface area contributed by atoms with Crippen molar-refractivity contribution in [2.45, 2.75) is 13.3 Å². The first kappa shape index (κ1) is 11.6. The van der Waals surface area contributed by atoms with Crippen molar-refractivity contribution in [2.75, 3.05) is 6.54 Å². The molecule has 0 unspecified atom stereocenters. The van der Waals surface area contributed by atoms with Crippen LogP contribution in [-0.2, 0) is 0 Å². The minimum absolute atomic E-state index is 0.880. The minimum Gasteiger partial charge on any atom is -0.257 e. The van der Waals surface area contributed by atoms with E-state index in [2.05, 4.69) is 51.1 Å². The van der Waals surface area contributed by atoms with E-state index in [0.717, 1.165) is 13.0 Å². The van der Waals surface area contributed by atoms with Crippen molar-refractivity contribution in [1.82, 2.24) is 44.2 Å². The molecule has 0 saturated carbocycles. The maximum Gasteiger partial charge on any atom is 0.0111 e. The van der Waals surface area contributed by atoms with Crippen LogP contribution in [0.5, 0.6) is 0 Å². The van der Waals surface area contributed by atoms with Crippen LogP contribution in [-0.4, -0.2) is 6.54 Å². The Bertz CT molecular complexity index is 66.2. The van der Waals surface area contributed by atoms with Crippen LogP contribution >= 0.6 is 0 Å². The Morgan fingerprint density at radius 3 is 2.08 bits per heavy atom. The summed E-state index contributed by atoms with van der Waals surface area (Å²) in [6, 6.07) is 0. The number of nitrogens with two attached hydrogens (primary N) is 1. The maximum atomic E-state index is 4.87. The third-order valence-corrected chi connectivity index (χ3v) is 0.848. The third-order valence-electron chi connectivity index (χ3n) is 0.848. The molecular formula is C3H17N9. The zero-order valence-electron chi connectivity index (χ0n) is 6.99. The molecular weight excluding hydrogens is 162 g/mol. The molecule has 0 aliphatic rings. The van der Waals surface area contributed by atoms with Gasteiger partial charge in [0.15, 0.2) is 0 Å². The van der Waals surface area contributed by atoms with Gasteiger partial charge in [-0.15, -0.1) is 0 Å². The fraction of sp³-hybridized carbons (Fsp3) is 1.00. The molecule has 0 aliphatic heterocycles. The number of nitrogens with one attached hydrogen (secondary N) is 8. The van der Waals surface area contributed by atoms with Crippen molar-refractivity contribution in [3.05, 3.63) is 0 Å². The van der Waals surface area contributed by atoms with Crippen LogP contribution in [0.1, 0.15) is 13.3 Å². The van der Waals surface area contributed by atoms with Crippen LogP contribution in [0.3, 0.4) is 0 Å². The average molecular weight is 179 g/mol. The van der Waals surface area contributed by atoms with Crippen LogP contribution in [0.4, 0.5) is 0 Å². The molecule has 0 aromatic heterocycles. The first-order chi connectivity index (χ1) is 5.91. The lowest BCUT2D eigenvalue weighted by molar-refractivity contribution is 0.257. The second-order valence-corrected chi connectivity index (χ2v) is 1.82. The summed E-state index contributed by atoms with van der Waals surface area (Å²) in [5.41, 5.74) is 20.1. The van der Waals surface area contributed by atoms with Crippen molar-refractivity contribution in [1.29, 1.82) is 0 Å². The van der Waals surface area contributed by atoms with E-state index < -0.39 is 0 Å². The first-order valence-corrected chi connectivity index (χ1v) is 3.60. The highest BCUT2D eigenvalue weighted by Gasteiger charge is 1.80. The summed E-state index contributed by atoms with van der Waals surface area (Å²) >= 11 is 0. The molecule has 10 N–H and O–H groups in total. The van der Waals surface area contributed by atoms with Crippen LogP contribution in [0.25, 0.3) is 0 Å². The number of hydrogen-bond acceptors (Lipinski definition) is 9. The topological polar surface area (TPSA) is 122 Å². The molecule has 0 bridgehead atoms. The van der Waals surface area contributed by atoms with Crippen LogP contribution in [0.2, 0.25) is 0 Å². The van der Waals surface area contributed by atoms with E-state index in [9.17, 15) is 0 Å². The van der Waals surface area contributed by atoms with Gasteiger partial charge in [-0.25, -0.2) is 5.43 Å². The third kappa shape index (κ3) is 9.64. The largest absolute Gasteiger partial charge is 0.257 e. The summed E-state index contributed by atoms with van der Waals surface area (Å²) in [6.07, 6.45) is 1.05. The summed E-state index contributed by atoms with van der Waals surface area (Å²) < 4.78 is 0. The fourth-order valence-corrected chi connectivity index (χ4v) is 0.393. The van der Waals surface area contributed by atoms with Crippen LogP contribution in [0, 0.1) is 0 Å². The summed E-state index contributed by atoms with van der Waals surface area (Å²) in [5.74, 6) is 4.87. The Morgan fingerprint density at radius 2 is 1.50 bits per heavy atom. The molecule has 0 aromatic carbocycles. The van der Waals surface area contributed by atoms with E-state index >= 15 is 0 Å². The molecule has 0 radical (unpaired) electrons. The smallest absolute Gasteiger partial charge is 0.0111 e. The molecule has 9 heteroatoms. The van der Waals surface area contributed by atoms with E-state index in [1.165, 1.54) is 0 Å². The van der Waals surface area contributed by atoms with Gasteiger partial charge in [-0.2, -0.15) is 38.7 Å². The second-order valence-electron chi connectivity index (χ2n) is 1.82. The Morgan fingerprint density at radius 1 is 0.917 bits per heavy atom. The Balaban J connectivity index is 2.73. The Kier molecular flexibility index (Phi) is 10.3. The van der Waals surface area contributed by atoms with Gasteiger partial charge in [0.25, 0.3) is 0 Å². The minimum atomic E-state index is 0.880. The highest BCUT2D eigenvalue weighted by atomic mass is 15.9. The van der Waals surface area contributed by atoms with E-state index in [1.807, 2.05) is 0 Å². The molecule has 12 heavy (non-hydrogen) atoms. The maximum absolute atomic E-state index is 4.87. The van der Waals surface area contributed by atoms with E-state index in [4.69, 9.17) is 5.84 Å². The van der Waals surface area contributed by atoms with Gasteiger partial charge in [0.05, 0.1) is 0 Å². The summed E-state index contributed by atoms with van der Waals surface area (Å²) in [4.78, 5) is 0. The van der Waals surface area contributed by atoms with Crippen LogP contribution in [0.15, 0.2) is 0 Å². The predicted molar refractivity (Wildman–Crippen MR) is 44.4 cm³/mol. The van der Waals surface area contributed by atoms with Crippen LogP contribution < -0.4 is 50.0 Å². The number of hydrogen-bond donors (Lipinski definition) is 9. The van der Waals surface area contributed by atoms with Crippen molar-refractivity contribution in [2.24, 2.45) is 5.84 Å². The van der Waals surface area contributed by atoms with Crippen molar-refractivity contribution < 1.29 is 0 Å². The highest BCUT2D eigenvalue weighted by Crippen LogP contribution is 1.62. The van der Waals surface area contributed by atoms with E-state index in [1.54, 1.807) is 0 Å². The molecule has 0 amide bonds. The predicted octanol–water partition coefficient (Wildman–Crippen LogP) is -3.61. The van der Waals surface area contributed by atoms with Crippen molar-refractivity contribution in [3.63, 3.8) is 0 Å². The lowest BCUT2D eigenvalue weighted by Gasteiger charge is -2.10. The molecule has 0 heterocycles. The number of hydrazine groups is 8. The molecule has 0 fully saturated rings. The standard InChI is InChI=1S/C3H17N9/c1-2-3-5-7-9-11-12-10-8-6-4/h5-12H,2-4H2,1H3. The second kappa shape index (κ2) is 10.6. The molecule has 0 saturated heterocycles. The lowest BCUT2D eigenvalue weighted by atomic mass is 10.5. The zero-order chi connectivity index (χ0) is 9.07. The summed E-state index contributed by atoms with van der Waals surface area (Å²) in [6.45, 7) is 2.95.